The van der Waals surface area contributed by atoms with Crippen molar-refractivity contribution in [2.75, 3.05) is 13.7 Å². The highest BCUT2D eigenvalue weighted by Crippen LogP contribution is 2.04. The Kier molecular flexibility index (Phi) is 7.99. The smallest absolute Gasteiger partial charge is 0.407 e. The third-order valence-corrected chi connectivity index (χ3v) is 2.78. The zero-order valence-corrected chi connectivity index (χ0v) is 13.2. The molecule has 1 unspecified atom stereocenters. The van der Waals surface area contributed by atoms with Gasteiger partial charge in [-0.1, -0.05) is 30.3 Å². The molecule has 6 nitrogen and oxygen atoms in total. The van der Waals surface area contributed by atoms with Crippen molar-refractivity contribution < 1.29 is 23.8 Å². The van der Waals surface area contributed by atoms with E-state index in [-0.39, 0.29) is 6.10 Å². The molecule has 0 spiro atoms. The van der Waals surface area contributed by atoms with Gasteiger partial charge in [0.05, 0.1) is 19.8 Å². The van der Waals surface area contributed by atoms with E-state index in [9.17, 15) is 9.59 Å². The zero-order valence-electron chi connectivity index (χ0n) is 13.2. The Bertz CT molecular complexity index is 461. The maximum atomic E-state index is 11.9. The molecule has 0 saturated heterocycles. The van der Waals surface area contributed by atoms with Gasteiger partial charge in [-0.3, -0.25) is 0 Å². The van der Waals surface area contributed by atoms with Crippen LogP contribution in [0.2, 0.25) is 0 Å². The Morgan fingerprint density at radius 2 is 1.86 bits per heavy atom. The predicted octanol–water partition coefficient (Wildman–Crippen LogP) is 2.27. The molecule has 0 bridgehead atoms. The number of hydrogen-bond donors (Lipinski definition) is 1. The fourth-order valence-corrected chi connectivity index (χ4v) is 1.73. The van der Waals surface area contributed by atoms with E-state index in [1.807, 2.05) is 30.3 Å². The van der Waals surface area contributed by atoms with Crippen molar-refractivity contribution in [1.82, 2.24) is 5.32 Å². The van der Waals surface area contributed by atoms with Gasteiger partial charge in [0.1, 0.15) is 6.04 Å². The first-order valence-electron chi connectivity index (χ1n) is 7.19. The van der Waals surface area contributed by atoms with Crippen molar-refractivity contribution in [3.05, 3.63) is 35.9 Å². The lowest BCUT2D eigenvalue weighted by Gasteiger charge is -2.18. The van der Waals surface area contributed by atoms with Crippen LogP contribution in [0, 0.1) is 0 Å². The van der Waals surface area contributed by atoms with Crippen molar-refractivity contribution in [3.63, 3.8) is 0 Å². The van der Waals surface area contributed by atoms with Gasteiger partial charge in [-0.15, -0.1) is 0 Å². The van der Waals surface area contributed by atoms with Gasteiger partial charge in [0.2, 0.25) is 0 Å². The molecular formula is C16H23NO5. The van der Waals surface area contributed by atoms with Crippen LogP contribution in [0.4, 0.5) is 4.79 Å². The molecule has 1 atom stereocenters. The number of hydrogen-bond acceptors (Lipinski definition) is 5. The summed E-state index contributed by atoms with van der Waals surface area (Å²) >= 11 is 0. The molecule has 6 heteroatoms. The fraction of sp³-hybridized carbons (Fsp3) is 0.500. The molecule has 0 heterocycles. The van der Waals surface area contributed by atoms with E-state index in [0.29, 0.717) is 19.6 Å². The minimum absolute atomic E-state index is 0.250. The number of carbonyl (C=O) groups is 2. The first kappa shape index (κ1) is 18.0. The molecular weight excluding hydrogens is 286 g/mol. The summed E-state index contributed by atoms with van der Waals surface area (Å²) in [5, 5.41) is 2.45. The third-order valence-electron chi connectivity index (χ3n) is 2.78. The quantitative estimate of drug-likeness (QED) is 0.589. The van der Waals surface area contributed by atoms with Gasteiger partial charge in [0, 0.05) is 13.0 Å². The summed E-state index contributed by atoms with van der Waals surface area (Å²) in [4.78, 5) is 23.2. The molecule has 0 saturated carbocycles. The lowest BCUT2D eigenvalue weighted by molar-refractivity contribution is -0.150. The number of alkyl carbamates (subject to hydrolysis) is 1. The number of benzene rings is 1. The van der Waals surface area contributed by atoms with Crippen molar-refractivity contribution in [2.24, 2.45) is 0 Å². The van der Waals surface area contributed by atoms with Crippen molar-refractivity contribution >= 4 is 12.1 Å². The third kappa shape index (κ3) is 7.08. The Morgan fingerprint density at radius 1 is 1.18 bits per heavy atom. The zero-order chi connectivity index (χ0) is 16.4. The summed E-state index contributed by atoms with van der Waals surface area (Å²) < 4.78 is 15.1. The Labute approximate surface area is 130 Å². The van der Waals surface area contributed by atoms with Crippen LogP contribution in [0.15, 0.2) is 30.3 Å². The van der Waals surface area contributed by atoms with Crippen LogP contribution < -0.4 is 5.32 Å². The fourth-order valence-electron chi connectivity index (χ4n) is 1.73. The monoisotopic (exact) mass is 309 g/mol. The maximum absolute atomic E-state index is 11.9. The first-order chi connectivity index (χ1) is 10.5. The number of rotatable bonds is 8. The van der Waals surface area contributed by atoms with Crippen LogP contribution in [0.1, 0.15) is 25.8 Å². The van der Waals surface area contributed by atoms with Crippen LogP contribution in [0.25, 0.3) is 0 Å². The molecule has 1 N–H and O–H groups in total. The first-order valence-corrected chi connectivity index (χ1v) is 7.19. The van der Waals surface area contributed by atoms with E-state index in [2.05, 4.69) is 10.1 Å². The molecule has 122 valence electrons. The molecule has 22 heavy (non-hydrogen) atoms. The topological polar surface area (TPSA) is 73.9 Å². The van der Waals surface area contributed by atoms with E-state index < -0.39 is 18.1 Å². The largest absolute Gasteiger partial charge is 0.461 e. The molecule has 0 aliphatic carbocycles. The average Bonchev–Trinajstić information content (AvgIpc) is 2.50. The van der Waals surface area contributed by atoms with E-state index >= 15 is 0 Å². The Morgan fingerprint density at radius 3 is 2.45 bits per heavy atom. The van der Waals surface area contributed by atoms with Crippen LogP contribution in [-0.2, 0) is 25.6 Å². The van der Waals surface area contributed by atoms with E-state index in [0.717, 1.165) is 5.56 Å². The number of ether oxygens (including phenoxy) is 3. The number of methoxy groups -OCH3 is 1. The molecule has 1 amide bonds. The van der Waals surface area contributed by atoms with Crippen LogP contribution in [0.3, 0.4) is 0 Å². The van der Waals surface area contributed by atoms with E-state index in [1.165, 1.54) is 7.11 Å². The molecule has 0 aliphatic rings. The van der Waals surface area contributed by atoms with Gasteiger partial charge < -0.3 is 19.5 Å². The summed E-state index contributed by atoms with van der Waals surface area (Å²) in [7, 11) is 1.24. The van der Waals surface area contributed by atoms with E-state index in [1.54, 1.807) is 13.8 Å². The average molecular weight is 309 g/mol. The Balaban J connectivity index is 2.42. The number of nitrogens with one attached hydrogen (secondary N) is 1. The summed E-state index contributed by atoms with van der Waals surface area (Å²) in [6, 6.07) is 8.92. The molecule has 0 radical (unpaired) electrons. The summed E-state index contributed by atoms with van der Waals surface area (Å²) in [6.45, 7) is 4.26. The summed E-state index contributed by atoms with van der Waals surface area (Å²) in [5.74, 6) is -0.497. The highest BCUT2D eigenvalue weighted by molar-refractivity contribution is 5.81. The molecule has 1 aromatic rings. The van der Waals surface area contributed by atoms with Gasteiger partial charge in [-0.25, -0.2) is 9.59 Å². The van der Waals surface area contributed by atoms with Crippen LogP contribution in [-0.4, -0.2) is 37.9 Å². The molecule has 1 rings (SSSR count). The second-order valence-corrected chi connectivity index (χ2v) is 5.00. The molecule has 0 fully saturated rings. The second-order valence-electron chi connectivity index (χ2n) is 5.00. The highest BCUT2D eigenvalue weighted by Gasteiger charge is 2.23. The molecule has 0 aliphatic heterocycles. The van der Waals surface area contributed by atoms with Crippen LogP contribution in [0.5, 0.6) is 0 Å². The van der Waals surface area contributed by atoms with Gasteiger partial charge in [0.25, 0.3) is 0 Å². The maximum Gasteiger partial charge on any atom is 0.407 e. The van der Waals surface area contributed by atoms with Gasteiger partial charge in [-0.05, 0) is 19.4 Å². The van der Waals surface area contributed by atoms with Crippen molar-refractivity contribution in [1.29, 1.82) is 0 Å². The predicted molar refractivity (Wildman–Crippen MR) is 81.3 cm³/mol. The Hall–Kier alpha value is -2.08. The van der Waals surface area contributed by atoms with Gasteiger partial charge in [-0.2, -0.15) is 0 Å². The SMILES string of the molecule is COC(=O)NC(CCOCc1ccccc1)C(=O)OC(C)C. The van der Waals surface area contributed by atoms with Crippen molar-refractivity contribution in [2.45, 2.75) is 39.0 Å². The van der Waals surface area contributed by atoms with Crippen LogP contribution >= 0.6 is 0 Å². The highest BCUT2D eigenvalue weighted by atomic mass is 16.6. The normalized spacial score (nSPS) is 11.8. The summed E-state index contributed by atoms with van der Waals surface area (Å²) in [5.41, 5.74) is 1.05. The second kappa shape index (κ2) is 9.78. The minimum Gasteiger partial charge on any atom is -0.461 e. The van der Waals surface area contributed by atoms with E-state index in [4.69, 9.17) is 9.47 Å². The van der Waals surface area contributed by atoms with Gasteiger partial charge >= 0.3 is 12.1 Å². The molecule has 0 aromatic heterocycles. The standard InChI is InChI=1S/C16H23NO5/c1-12(2)22-15(18)14(17-16(19)20-3)9-10-21-11-13-7-5-4-6-8-13/h4-8,12,14H,9-11H2,1-3H3,(H,17,19). The number of amides is 1. The van der Waals surface area contributed by atoms with Gasteiger partial charge in [0.15, 0.2) is 0 Å². The lowest BCUT2D eigenvalue weighted by Crippen LogP contribution is -2.43. The number of esters is 1. The summed E-state index contributed by atoms with van der Waals surface area (Å²) in [6.07, 6.45) is -0.610. The molecule has 1 aromatic carbocycles. The minimum atomic E-state index is -0.786. The number of carbonyl (C=O) groups excluding carboxylic acids is 2. The van der Waals surface area contributed by atoms with Crippen molar-refractivity contribution in [3.8, 4) is 0 Å². The lowest BCUT2D eigenvalue weighted by atomic mass is 10.2.